The van der Waals surface area contributed by atoms with Gasteiger partial charge in [0.1, 0.15) is 0 Å². The molecule has 0 saturated heterocycles. The van der Waals surface area contributed by atoms with Crippen LogP contribution in [0.3, 0.4) is 0 Å². The van der Waals surface area contributed by atoms with Crippen molar-refractivity contribution in [2.24, 2.45) is 0 Å². The molecule has 0 bridgehead atoms. The second kappa shape index (κ2) is 15.3. The van der Waals surface area contributed by atoms with Crippen LogP contribution in [0.25, 0.3) is 0 Å². The SMILES string of the molecule is CCCCCCCCCCCC[N+](C)(C)C.N.[Cl-]. The summed E-state index contributed by atoms with van der Waals surface area (Å²) in [6.45, 7) is 3.62. The molecule has 0 heterocycles. The lowest BCUT2D eigenvalue weighted by Crippen LogP contribution is -3.00. The average Bonchev–Trinajstić information content (AvgIpc) is 2.19. The molecule has 0 aromatic rings. The van der Waals surface area contributed by atoms with Crippen molar-refractivity contribution in [2.45, 2.75) is 71.1 Å². The Labute approximate surface area is 122 Å². The third kappa shape index (κ3) is 21.5. The second-order valence-electron chi connectivity index (χ2n) is 6.20. The Bertz CT molecular complexity index is 144. The molecule has 0 saturated carbocycles. The highest BCUT2D eigenvalue weighted by Crippen LogP contribution is 2.10. The van der Waals surface area contributed by atoms with E-state index in [2.05, 4.69) is 28.1 Å². The van der Waals surface area contributed by atoms with E-state index in [1.807, 2.05) is 0 Å². The van der Waals surface area contributed by atoms with Gasteiger partial charge in [-0.25, -0.2) is 0 Å². The molecular formula is C15H37ClN2. The standard InChI is InChI=1S/C15H34N.ClH.H3N/c1-5-6-7-8-9-10-11-12-13-14-15-16(2,3)4;;/h5-15H2,1-4H3;1H;1H3/q+1;;/p-1. The Morgan fingerprint density at radius 1 is 0.611 bits per heavy atom. The number of hydrogen-bond acceptors (Lipinski definition) is 1. The monoisotopic (exact) mass is 280 g/mol. The first-order valence-electron chi connectivity index (χ1n) is 7.36. The first kappa shape index (κ1) is 23.3. The van der Waals surface area contributed by atoms with Gasteiger partial charge in [-0.3, -0.25) is 0 Å². The fourth-order valence-corrected chi connectivity index (χ4v) is 2.07. The zero-order valence-electron chi connectivity index (χ0n) is 13.3. The van der Waals surface area contributed by atoms with E-state index in [-0.39, 0.29) is 18.6 Å². The molecule has 3 N–H and O–H groups in total. The Morgan fingerprint density at radius 2 is 0.944 bits per heavy atom. The third-order valence-electron chi connectivity index (χ3n) is 3.18. The van der Waals surface area contributed by atoms with E-state index in [0.717, 1.165) is 4.48 Å². The van der Waals surface area contributed by atoms with Gasteiger partial charge in [0.25, 0.3) is 0 Å². The van der Waals surface area contributed by atoms with Crippen LogP contribution in [0.5, 0.6) is 0 Å². The lowest BCUT2D eigenvalue weighted by molar-refractivity contribution is -0.870. The highest BCUT2D eigenvalue weighted by atomic mass is 35.5. The maximum absolute atomic E-state index is 2.29. The van der Waals surface area contributed by atoms with E-state index in [1.165, 1.54) is 70.8 Å². The summed E-state index contributed by atoms with van der Waals surface area (Å²) in [6.07, 6.45) is 14.4. The van der Waals surface area contributed by atoms with Gasteiger partial charge in [-0.2, -0.15) is 0 Å². The molecule has 18 heavy (non-hydrogen) atoms. The zero-order valence-corrected chi connectivity index (χ0v) is 14.1. The quantitative estimate of drug-likeness (QED) is 0.454. The maximum atomic E-state index is 2.29. The van der Waals surface area contributed by atoms with E-state index in [9.17, 15) is 0 Å². The number of hydrogen-bond donors (Lipinski definition) is 1. The molecule has 0 rings (SSSR count). The summed E-state index contributed by atoms with van der Waals surface area (Å²) in [6, 6.07) is 0. The van der Waals surface area contributed by atoms with Crippen LogP contribution in [0.2, 0.25) is 0 Å². The number of rotatable bonds is 11. The van der Waals surface area contributed by atoms with E-state index in [0.29, 0.717) is 0 Å². The van der Waals surface area contributed by atoms with Crippen LogP contribution < -0.4 is 18.6 Å². The summed E-state index contributed by atoms with van der Waals surface area (Å²) in [5.41, 5.74) is 0. The molecule has 114 valence electrons. The Kier molecular flexibility index (Phi) is 19.8. The van der Waals surface area contributed by atoms with Gasteiger partial charge in [-0.05, 0) is 12.8 Å². The predicted molar refractivity (Wildman–Crippen MR) is 79.8 cm³/mol. The molecule has 0 radical (unpaired) electrons. The van der Waals surface area contributed by atoms with Gasteiger partial charge in [-0.1, -0.05) is 58.3 Å². The molecule has 0 aromatic heterocycles. The number of quaternary nitrogens is 1. The fourth-order valence-electron chi connectivity index (χ4n) is 2.07. The molecule has 0 aliphatic carbocycles. The van der Waals surface area contributed by atoms with Crippen LogP contribution in [0.15, 0.2) is 0 Å². The van der Waals surface area contributed by atoms with E-state index in [1.54, 1.807) is 0 Å². The molecular weight excluding hydrogens is 244 g/mol. The number of unbranched alkanes of at least 4 members (excludes halogenated alkanes) is 9. The van der Waals surface area contributed by atoms with Crippen molar-refractivity contribution in [3.05, 3.63) is 0 Å². The van der Waals surface area contributed by atoms with Crippen molar-refractivity contribution < 1.29 is 16.9 Å². The molecule has 0 aliphatic heterocycles. The van der Waals surface area contributed by atoms with Crippen molar-refractivity contribution in [3.8, 4) is 0 Å². The van der Waals surface area contributed by atoms with Crippen molar-refractivity contribution in [3.63, 3.8) is 0 Å². The molecule has 0 aliphatic rings. The van der Waals surface area contributed by atoms with Crippen molar-refractivity contribution >= 4 is 0 Å². The minimum absolute atomic E-state index is 0. The van der Waals surface area contributed by atoms with Crippen LogP contribution in [0.4, 0.5) is 0 Å². The summed E-state index contributed by atoms with van der Waals surface area (Å²) in [7, 11) is 6.86. The minimum atomic E-state index is 0. The highest BCUT2D eigenvalue weighted by molar-refractivity contribution is 4.47. The summed E-state index contributed by atoms with van der Waals surface area (Å²) >= 11 is 0. The van der Waals surface area contributed by atoms with Crippen LogP contribution in [-0.2, 0) is 0 Å². The zero-order chi connectivity index (χ0) is 12.3. The maximum Gasteiger partial charge on any atom is 0.0780 e. The van der Waals surface area contributed by atoms with E-state index < -0.39 is 0 Å². The van der Waals surface area contributed by atoms with Gasteiger partial charge >= 0.3 is 0 Å². The lowest BCUT2D eigenvalue weighted by Gasteiger charge is -2.23. The fraction of sp³-hybridized carbons (Fsp3) is 1.00. The van der Waals surface area contributed by atoms with E-state index >= 15 is 0 Å². The van der Waals surface area contributed by atoms with Crippen molar-refractivity contribution in [1.82, 2.24) is 6.15 Å². The first-order valence-corrected chi connectivity index (χ1v) is 7.36. The van der Waals surface area contributed by atoms with Gasteiger partial charge < -0.3 is 23.0 Å². The van der Waals surface area contributed by atoms with Gasteiger partial charge in [0.2, 0.25) is 0 Å². The van der Waals surface area contributed by atoms with Crippen molar-refractivity contribution in [1.29, 1.82) is 0 Å². The smallest absolute Gasteiger partial charge is 0.0780 e. The second-order valence-corrected chi connectivity index (χ2v) is 6.20. The summed E-state index contributed by atoms with van der Waals surface area (Å²) in [5, 5.41) is 0. The lowest BCUT2D eigenvalue weighted by atomic mass is 10.1. The Balaban J connectivity index is -0.00000112. The molecule has 0 unspecified atom stereocenters. The normalized spacial score (nSPS) is 10.7. The summed E-state index contributed by atoms with van der Waals surface area (Å²) in [4.78, 5) is 0. The van der Waals surface area contributed by atoms with Gasteiger partial charge in [0.15, 0.2) is 0 Å². The Hall–Kier alpha value is 0.210. The number of halogens is 1. The van der Waals surface area contributed by atoms with Gasteiger partial charge in [0.05, 0.1) is 27.7 Å². The van der Waals surface area contributed by atoms with Crippen molar-refractivity contribution in [2.75, 3.05) is 27.7 Å². The van der Waals surface area contributed by atoms with Gasteiger partial charge in [0, 0.05) is 0 Å². The largest absolute Gasteiger partial charge is 1.00 e. The molecule has 0 fully saturated rings. The molecule has 0 aromatic carbocycles. The van der Waals surface area contributed by atoms with Crippen LogP contribution in [0.1, 0.15) is 71.1 Å². The topological polar surface area (TPSA) is 35.0 Å². The predicted octanol–water partition coefficient (Wildman–Crippen LogP) is 1.78. The van der Waals surface area contributed by atoms with Gasteiger partial charge in [-0.15, -0.1) is 0 Å². The number of nitrogens with zero attached hydrogens (tertiary/aromatic N) is 1. The molecule has 0 atom stereocenters. The highest BCUT2D eigenvalue weighted by Gasteiger charge is 2.04. The third-order valence-corrected chi connectivity index (χ3v) is 3.18. The molecule has 3 heteroatoms. The summed E-state index contributed by atoms with van der Waals surface area (Å²) < 4.78 is 1.12. The van der Waals surface area contributed by atoms with Crippen LogP contribution in [0, 0.1) is 0 Å². The average molecular weight is 281 g/mol. The minimum Gasteiger partial charge on any atom is -1.00 e. The van der Waals surface area contributed by atoms with Crippen LogP contribution >= 0.6 is 0 Å². The summed E-state index contributed by atoms with van der Waals surface area (Å²) in [5.74, 6) is 0. The molecule has 0 spiro atoms. The molecule has 0 amide bonds. The molecule has 2 nitrogen and oxygen atoms in total. The van der Waals surface area contributed by atoms with E-state index in [4.69, 9.17) is 0 Å². The van der Waals surface area contributed by atoms with Crippen LogP contribution in [-0.4, -0.2) is 32.2 Å². The first-order chi connectivity index (χ1) is 7.56. The Morgan fingerprint density at radius 3 is 1.28 bits per heavy atom.